The average molecular weight is 495 g/mol. The van der Waals surface area contributed by atoms with Gasteiger partial charge >= 0.3 is 0 Å². The van der Waals surface area contributed by atoms with Crippen molar-refractivity contribution < 1.29 is 4.74 Å². The number of fused-ring (bicyclic) bond motifs is 4. The molecule has 2 bridgehead atoms. The molecule has 6 rings (SSSR count). The van der Waals surface area contributed by atoms with E-state index in [0.717, 1.165) is 102 Å². The van der Waals surface area contributed by atoms with Gasteiger partial charge in [0.2, 0.25) is 17.8 Å². The van der Waals surface area contributed by atoms with Gasteiger partial charge in [0.15, 0.2) is 0 Å². The lowest BCUT2D eigenvalue weighted by Crippen LogP contribution is -2.48. The SMILES string of the molecule is CC1CCN(c2nc(NCCN3CCOCC3)nc(N3C[C@@H]4C[C@H](C3)c3cccc(=O)n3C4)n2)CC1. The standard InChI is InChI=1S/C26H38N8O2/c1-19-5-8-32(9-6-19)25-28-24(27-7-10-31-11-13-36-14-12-31)29-26(30-25)33-16-20-15-21(18-33)22-3-2-4-23(35)34(22)17-20/h2-4,19-21H,5-18H2,1H3,(H,27,28,29,30)/t20-,21+/m0/s1. The Bertz CT molecular complexity index is 1110. The summed E-state index contributed by atoms with van der Waals surface area (Å²) >= 11 is 0. The van der Waals surface area contributed by atoms with E-state index in [1.165, 1.54) is 12.8 Å². The van der Waals surface area contributed by atoms with Gasteiger partial charge in [-0.1, -0.05) is 13.0 Å². The van der Waals surface area contributed by atoms with Gasteiger partial charge in [0.1, 0.15) is 0 Å². The van der Waals surface area contributed by atoms with Gasteiger partial charge < -0.3 is 24.4 Å². The Kier molecular flexibility index (Phi) is 6.79. The van der Waals surface area contributed by atoms with Crippen LogP contribution in [0.1, 0.15) is 37.8 Å². The number of rotatable bonds is 6. The third-order valence-electron chi connectivity index (χ3n) is 8.26. The highest BCUT2D eigenvalue weighted by atomic mass is 16.5. The van der Waals surface area contributed by atoms with E-state index >= 15 is 0 Å². The highest BCUT2D eigenvalue weighted by Crippen LogP contribution is 2.36. The Morgan fingerprint density at radius 1 is 0.972 bits per heavy atom. The molecule has 4 aliphatic rings. The summed E-state index contributed by atoms with van der Waals surface area (Å²) in [6, 6.07) is 5.68. The summed E-state index contributed by atoms with van der Waals surface area (Å²) in [5.74, 6) is 3.69. The van der Waals surface area contributed by atoms with Crippen molar-refractivity contribution in [1.29, 1.82) is 0 Å². The number of nitrogens with one attached hydrogen (secondary N) is 1. The number of nitrogens with zero attached hydrogens (tertiary/aromatic N) is 7. The van der Waals surface area contributed by atoms with Gasteiger partial charge in [-0.2, -0.15) is 15.0 Å². The van der Waals surface area contributed by atoms with E-state index in [9.17, 15) is 4.79 Å². The third-order valence-corrected chi connectivity index (χ3v) is 8.26. The number of pyridine rings is 1. The molecule has 0 aromatic carbocycles. The summed E-state index contributed by atoms with van der Waals surface area (Å²) < 4.78 is 7.45. The highest BCUT2D eigenvalue weighted by molar-refractivity contribution is 5.46. The van der Waals surface area contributed by atoms with Gasteiger partial charge in [-0.15, -0.1) is 0 Å². The molecule has 3 saturated heterocycles. The fraction of sp³-hybridized carbons (Fsp3) is 0.692. The van der Waals surface area contributed by atoms with E-state index in [1.807, 2.05) is 10.6 Å². The molecule has 6 heterocycles. The number of aromatic nitrogens is 4. The number of hydrogen-bond acceptors (Lipinski definition) is 9. The van der Waals surface area contributed by atoms with Crippen molar-refractivity contribution in [3.05, 3.63) is 34.2 Å². The van der Waals surface area contributed by atoms with Gasteiger partial charge in [0.05, 0.1) is 13.2 Å². The van der Waals surface area contributed by atoms with Crippen LogP contribution in [0.15, 0.2) is 23.0 Å². The lowest BCUT2D eigenvalue weighted by molar-refractivity contribution is 0.0398. The van der Waals surface area contributed by atoms with Crippen LogP contribution in [-0.2, 0) is 11.3 Å². The molecule has 0 spiro atoms. The molecule has 3 fully saturated rings. The second-order valence-corrected chi connectivity index (χ2v) is 10.9. The molecular weight excluding hydrogens is 456 g/mol. The molecule has 0 unspecified atom stereocenters. The minimum Gasteiger partial charge on any atom is -0.379 e. The summed E-state index contributed by atoms with van der Waals surface area (Å²) in [4.78, 5) is 34.3. The van der Waals surface area contributed by atoms with Gasteiger partial charge in [-0.05, 0) is 37.2 Å². The Balaban J connectivity index is 1.23. The molecule has 1 N–H and O–H groups in total. The Labute approximate surface area is 212 Å². The number of ether oxygens (including phenoxy) is 1. The van der Waals surface area contributed by atoms with Crippen molar-refractivity contribution in [2.75, 3.05) is 80.7 Å². The van der Waals surface area contributed by atoms with Crippen molar-refractivity contribution >= 4 is 17.8 Å². The Morgan fingerprint density at radius 3 is 2.56 bits per heavy atom. The zero-order chi connectivity index (χ0) is 24.5. The van der Waals surface area contributed by atoms with Crippen LogP contribution in [0, 0.1) is 11.8 Å². The van der Waals surface area contributed by atoms with E-state index < -0.39 is 0 Å². The fourth-order valence-corrected chi connectivity index (χ4v) is 6.13. The summed E-state index contributed by atoms with van der Waals surface area (Å²) in [6.07, 6.45) is 3.45. The maximum Gasteiger partial charge on any atom is 0.250 e. The van der Waals surface area contributed by atoms with Gasteiger partial charge in [0.25, 0.3) is 5.56 Å². The van der Waals surface area contributed by atoms with Crippen LogP contribution in [0.5, 0.6) is 0 Å². The first-order valence-corrected chi connectivity index (χ1v) is 13.6. The van der Waals surface area contributed by atoms with Crippen LogP contribution in [0.2, 0.25) is 0 Å². The zero-order valence-electron chi connectivity index (χ0n) is 21.3. The molecule has 4 aliphatic heterocycles. The highest BCUT2D eigenvalue weighted by Gasteiger charge is 2.36. The molecule has 2 aromatic rings. The van der Waals surface area contributed by atoms with Crippen LogP contribution in [-0.4, -0.2) is 90.0 Å². The average Bonchev–Trinajstić information content (AvgIpc) is 2.90. The first-order valence-electron chi connectivity index (χ1n) is 13.6. The van der Waals surface area contributed by atoms with Crippen molar-refractivity contribution in [3.63, 3.8) is 0 Å². The topological polar surface area (TPSA) is 91.7 Å². The van der Waals surface area contributed by atoms with Gasteiger partial charge in [-0.3, -0.25) is 9.69 Å². The summed E-state index contributed by atoms with van der Waals surface area (Å²) in [5.41, 5.74) is 1.26. The van der Waals surface area contributed by atoms with Crippen molar-refractivity contribution in [3.8, 4) is 0 Å². The number of morpholine rings is 1. The molecule has 194 valence electrons. The minimum atomic E-state index is 0.115. The van der Waals surface area contributed by atoms with E-state index in [1.54, 1.807) is 6.07 Å². The molecule has 10 heteroatoms. The van der Waals surface area contributed by atoms with Crippen molar-refractivity contribution in [2.24, 2.45) is 11.8 Å². The van der Waals surface area contributed by atoms with Crippen LogP contribution in [0.25, 0.3) is 0 Å². The summed E-state index contributed by atoms with van der Waals surface area (Å²) in [6.45, 7) is 12.1. The predicted octanol–water partition coefficient (Wildman–Crippen LogP) is 1.64. The molecule has 0 radical (unpaired) electrons. The normalized spacial score (nSPS) is 25.0. The molecule has 0 saturated carbocycles. The number of piperidine rings is 2. The molecule has 2 atom stereocenters. The number of anilines is 3. The minimum absolute atomic E-state index is 0.115. The van der Waals surface area contributed by atoms with Crippen LogP contribution in [0.4, 0.5) is 17.8 Å². The van der Waals surface area contributed by atoms with Crippen LogP contribution < -0.4 is 20.7 Å². The molecule has 10 nitrogen and oxygen atoms in total. The van der Waals surface area contributed by atoms with Crippen LogP contribution >= 0.6 is 0 Å². The second kappa shape index (κ2) is 10.3. The smallest absolute Gasteiger partial charge is 0.250 e. The Hall–Kier alpha value is -2.72. The zero-order valence-corrected chi connectivity index (χ0v) is 21.3. The predicted molar refractivity (Wildman–Crippen MR) is 140 cm³/mol. The number of hydrogen-bond donors (Lipinski definition) is 1. The molecule has 36 heavy (non-hydrogen) atoms. The molecule has 0 aliphatic carbocycles. The van der Waals surface area contributed by atoms with E-state index in [2.05, 4.69) is 33.0 Å². The van der Waals surface area contributed by atoms with Crippen molar-refractivity contribution in [1.82, 2.24) is 24.4 Å². The van der Waals surface area contributed by atoms with E-state index in [4.69, 9.17) is 19.7 Å². The van der Waals surface area contributed by atoms with Crippen LogP contribution in [0.3, 0.4) is 0 Å². The third kappa shape index (κ3) is 5.06. The van der Waals surface area contributed by atoms with Crippen molar-refractivity contribution in [2.45, 2.75) is 38.6 Å². The first kappa shape index (κ1) is 23.7. The molecule has 2 aromatic heterocycles. The maximum atomic E-state index is 12.4. The second-order valence-electron chi connectivity index (χ2n) is 10.9. The Morgan fingerprint density at radius 2 is 1.75 bits per heavy atom. The maximum absolute atomic E-state index is 12.4. The molecular formula is C26H38N8O2. The van der Waals surface area contributed by atoms with Gasteiger partial charge in [0, 0.05) is 76.6 Å². The summed E-state index contributed by atoms with van der Waals surface area (Å²) in [5, 5.41) is 3.49. The van der Waals surface area contributed by atoms with E-state index in [-0.39, 0.29) is 5.56 Å². The quantitative estimate of drug-likeness (QED) is 0.643. The lowest BCUT2D eigenvalue weighted by Gasteiger charge is -2.43. The first-order chi connectivity index (χ1) is 17.6. The lowest BCUT2D eigenvalue weighted by atomic mass is 9.83. The van der Waals surface area contributed by atoms with E-state index in [0.29, 0.717) is 17.8 Å². The molecule has 0 amide bonds. The summed E-state index contributed by atoms with van der Waals surface area (Å²) in [7, 11) is 0. The largest absolute Gasteiger partial charge is 0.379 e. The van der Waals surface area contributed by atoms with Gasteiger partial charge in [-0.25, -0.2) is 0 Å². The monoisotopic (exact) mass is 494 g/mol. The fourth-order valence-electron chi connectivity index (χ4n) is 6.13.